The number of methoxy groups -OCH3 is 2. The molecule has 0 radical (unpaired) electrons. The van der Waals surface area contributed by atoms with Crippen molar-refractivity contribution in [2.75, 3.05) is 14.2 Å². The van der Waals surface area contributed by atoms with Crippen molar-refractivity contribution < 1.29 is 14.2 Å². The topological polar surface area (TPSA) is 74.9 Å². The van der Waals surface area contributed by atoms with E-state index in [4.69, 9.17) is 42.4 Å². The molecule has 0 amide bonds. The van der Waals surface area contributed by atoms with Gasteiger partial charge in [-0.2, -0.15) is 9.78 Å². The van der Waals surface area contributed by atoms with Gasteiger partial charge in [0.2, 0.25) is 0 Å². The third kappa shape index (κ3) is 6.24. The highest BCUT2D eigenvalue weighted by Gasteiger charge is 2.19. The van der Waals surface area contributed by atoms with Crippen molar-refractivity contribution in [2.24, 2.45) is 5.10 Å². The summed E-state index contributed by atoms with van der Waals surface area (Å²) in [6.07, 6.45) is 1.53. The number of aromatic nitrogens is 2. The highest BCUT2D eigenvalue weighted by Crippen LogP contribution is 2.36. The molecule has 5 rings (SSSR count). The van der Waals surface area contributed by atoms with Crippen LogP contribution in [0.25, 0.3) is 22.3 Å². The standard InChI is InChI=1S/C34H31Cl2N3O4/c1-20(2)26-17-27(21(3)14-30(26)41-4)33-38-29-13-9-7-11-25(29)34(40)39(33)37-18-23-15-24(35)16-31(42-5)32(23)43-19-22-10-6-8-12-28(22)36/h6-18,20H,19H2,1-5H3. The normalized spacial score (nSPS) is 11.4. The maximum atomic E-state index is 13.9. The van der Waals surface area contributed by atoms with E-state index in [0.29, 0.717) is 43.8 Å². The maximum Gasteiger partial charge on any atom is 0.282 e. The number of rotatable bonds is 9. The number of aryl methyl sites for hydroxylation is 1. The molecule has 0 aliphatic heterocycles. The highest BCUT2D eigenvalue weighted by molar-refractivity contribution is 6.31. The number of nitrogens with zero attached hydrogens (tertiary/aromatic N) is 3. The lowest BCUT2D eigenvalue weighted by Crippen LogP contribution is -2.21. The summed E-state index contributed by atoms with van der Waals surface area (Å²) in [5.74, 6) is 2.17. The number of hydrogen-bond donors (Lipinski definition) is 0. The molecule has 9 heteroatoms. The molecule has 0 aliphatic rings. The maximum absolute atomic E-state index is 13.9. The minimum absolute atomic E-state index is 0.176. The van der Waals surface area contributed by atoms with E-state index in [0.717, 1.165) is 28.0 Å². The van der Waals surface area contributed by atoms with E-state index in [2.05, 4.69) is 18.9 Å². The predicted molar refractivity (Wildman–Crippen MR) is 174 cm³/mol. The predicted octanol–water partition coefficient (Wildman–Crippen LogP) is 8.28. The van der Waals surface area contributed by atoms with Gasteiger partial charge in [0.15, 0.2) is 17.3 Å². The second kappa shape index (κ2) is 12.9. The first-order valence-corrected chi connectivity index (χ1v) is 14.5. The van der Waals surface area contributed by atoms with Crippen LogP contribution in [0.4, 0.5) is 0 Å². The van der Waals surface area contributed by atoms with Crippen molar-refractivity contribution in [1.29, 1.82) is 0 Å². The van der Waals surface area contributed by atoms with Gasteiger partial charge in [0.25, 0.3) is 5.56 Å². The number of para-hydroxylation sites is 1. The van der Waals surface area contributed by atoms with E-state index >= 15 is 0 Å². The minimum Gasteiger partial charge on any atom is -0.496 e. The van der Waals surface area contributed by atoms with Crippen LogP contribution in [0, 0.1) is 6.92 Å². The monoisotopic (exact) mass is 615 g/mol. The fourth-order valence-electron chi connectivity index (χ4n) is 4.85. The summed E-state index contributed by atoms with van der Waals surface area (Å²) >= 11 is 12.8. The number of ether oxygens (including phenoxy) is 3. The van der Waals surface area contributed by atoms with Gasteiger partial charge in [0, 0.05) is 32.8 Å². The molecule has 7 nitrogen and oxygen atoms in total. The molecule has 43 heavy (non-hydrogen) atoms. The van der Waals surface area contributed by atoms with Gasteiger partial charge in [-0.25, -0.2) is 4.98 Å². The summed E-state index contributed by atoms with van der Waals surface area (Å²) in [7, 11) is 3.18. The number of hydrogen-bond acceptors (Lipinski definition) is 6. The van der Waals surface area contributed by atoms with Crippen LogP contribution in [0.3, 0.4) is 0 Å². The molecule has 0 bridgehead atoms. The molecule has 1 aromatic heterocycles. The number of benzene rings is 4. The van der Waals surface area contributed by atoms with E-state index in [1.54, 1.807) is 37.4 Å². The molecule has 0 aliphatic carbocycles. The van der Waals surface area contributed by atoms with E-state index < -0.39 is 0 Å². The van der Waals surface area contributed by atoms with E-state index in [1.807, 2.05) is 49.4 Å². The molecular formula is C34H31Cl2N3O4. The van der Waals surface area contributed by atoms with Crippen LogP contribution in [-0.4, -0.2) is 30.1 Å². The average Bonchev–Trinajstić information content (AvgIpc) is 3.00. The first kappa shape index (κ1) is 30.1. The Kier molecular flexibility index (Phi) is 9.04. The third-order valence-electron chi connectivity index (χ3n) is 7.10. The molecule has 5 aromatic rings. The third-order valence-corrected chi connectivity index (χ3v) is 7.69. The van der Waals surface area contributed by atoms with Gasteiger partial charge < -0.3 is 14.2 Å². The van der Waals surface area contributed by atoms with Crippen LogP contribution in [0.1, 0.15) is 42.0 Å². The summed E-state index contributed by atoms with van der Waals surface area (Å²) in [6, 6.07) is 22.0. The Bertz CT molecular complexity index is 1900. The molecule has 0 saturated carbocycles. The summed E-state index contributed by atoms with van der Waals surface area (Å²) in [5.41, 5.74) is 4.22. The van der Waals surface area contributed by atoms with E-state index in [1.165, 1.54) is 18.0 Å². The molecule has 0 fully saturated rings. The Morgan fingerprint density at radius 1 is 0.953 bits per heavy atom. The zero-order valence-electron chi connectivity index (χ0n) is 24.5. The van der Waals surface area contributed by atoms with Crippen LogP contribution >= 0.6 is 23.2 Å². The Morgan fingerprint density at radius 3 is 2.40 bits per heavy atom. The first-order chi connectivity index (χ1) is 20.7. The first-order valence-electron chi connectivity index (χ1n) is 13.7. The van der Waals surface area contributed by atoms with Crippen LogP contribution in [0.15, 0.2) is 82.7 Å². The van der Waals surface area contributed by atoms with Gasteiger partial charge in [0.05, 0.1) is 31.3 Å². The minimum atomic E-state index is -0.314. The fraction of sp³-hybridized carbons (Fsp3) is 0.206. The Morgan fingerprint density at radius 2 is 1.67 bits per heavy atom. The van der Waals surface area contributed by atoms with Crippen LogP contribution in [0.2, 0.25) is 10.0 Å². The lowest BCUT2D eigenvalue weighted by Gasteiger charge is -2.17. The molecule has 0 unspecified atom stereocenters. The molecule has 0 N–H and O–H groups in total. The molecule has 1 heterocycles. The van der Waals surface area contributed by atoms with Gasteiger partial charge in [-0.3, -0.25) is 4.79 Å². The molecular weight excluding hydrogens is 585 g/mol. The smallest absolute Gasteiger partial charge is 0.282 e. The average molecular weight is 617 g/mol. The van der Waals surface area contributed by atoms with Gasteiger partial charge in [-0.05, 0) is 60.4 Å². The molecule has 220 valence electrons. The van der Waals surface area contributed by atoms with Gasteiger partial charge in [-0.15, -0.1) is 0 Å². The van der Waals surface area contributed by atoms with Gasteiger partial charge in [-0.1, -0.05) is 67.4 Å². The fourth-order valence-corrected chi connectivity index (χ4v) is 5.26. The summed E-state index contributed by atoms with van der Waals surface area (Å²) in [5, 5.41) is 6.12. The summed E-state index contributed by atoms with van der Waals surface area (Å²) in [6.45, 7) is 6.32. The largest absolute Gasteiger partial charge is 0.496 e. The molecule has 0 spiro atoms. The Hall–Kier alpha value is -4.33. The van der Waals surface area contributed by atoms with E-state index in [9.17, 15) is 4.79 Å². The summed E-state index contributed by atoms with van der Waals surface area (Å²) < 4.78 is 18.7. The zero-order valence-corrected chi connectivity index (χ0v) is 26.0. The van der Waals surface area contributed by atoms with Crippen molar-refractivity contribution in [3.8, 4) is 28.6 Å². The highest BCUT2D eigenvalue weighted by atomic mass is 35.5. The SMILES string of the molecule is COc1cc(C)c(-c2nc3ccccc3c(=O)n2N=Cc2cc(Cl)cc(OC)c2OCc2ccccc2Cl)cc1C(C)C. The van der Waals surface area contributed by atoms with Crippen molar-refractivity contribution in [3.05, 3.63) is 115 Å². The zero-order chi connectivity index (χ0) is 30.7. The van der Waals surface area contributed by atoms with Crippen molar-refractivity contribution >= 4 is 40.3 Å². The number of fused-ring (bicyclic) bond motifs is 1. The quantitative estimate of drug-likeness (QED) is 0.156. The van der Waals surface area contributed by atoms with E-state index in [-0.39, 0.29) is 18.1 Å². The summed E-state index contributed by atoms with van der Waals surface area (Å²) in [4.78, 5) is 18.8. The molecule has 0 saturated heterocycles. The second-order valence-corrected chi connectivity index (χ2v) is 11.1. The van der Waals surface area contributed by atoms with Crippen molar-refractivity contribution in [2.45, 2.75) is 33.3 Å². The second-order valence-electron chi connectivity index (χ2n) is 10.3. The Labute approximate surface area is 260 Å². The molecule has 4 aromatic carbocycles. The van der Waals surface area contributed by atoms with Gasteiger partial charge in [0.1, 0.15) is 12.4 Å². The Balaban J connectivity index is 1.68. The van der Waals surface area contributed by atoms with Gasteiger partial charge >= 0.3 is 0 Å². The van der Waals surface area contributed by atoms with Crippen molar-refractivity contribution in [3.63, 3.8) is 0 Å². The van der Waals surface area contributed by atoms with Crippen molar-refractivity contribution in [1.82, 2.24) is 9.66 Å². The lowest BCUT2D eigenvalue weighted by atomic mass is 9.96. The van der Waals surface area contributed by atoms with Crippen LogP contribution in [-0.2, 0) is 6.61 Å². The molecule has 0 atom stereocenters. The number of halogens is 2. The van der Waals surface area contributed by atoms with Crippen LogP contribution < -0.4 is 19.8 Å². The van der Waals surface area contributed by atoms with Crippen LogP contribution in [0.5, 0.6) is 17.2 Å². The lowest BCUT2D eigenvalue weighted by molar-refractivity contribution is 0.284.